The molecule has 108 valence electrons. The minimum Gasteiger partial charge on any atom is -0.462 e. The highest BCUT2D eigenvalue weighted by Gasteiger charge is 2.39. The number of piperidine rings is 1. The van der Waals surface area contributed by atoms with Crippen molar-refractivity contribution in [2.24, 2.45) is 0 Å². The number of hydrogen-bond acceptors (Lipinski definition) is 3. The molecule has 2 heterocycles. The summed E-state index contributed by atoms with van der Waals surface area (Å²) in [5.74, 6) is -0.1000. The van der Waals surface area contributed by atoms with Gasteiger partial charge in [0.15, 0.2) is 0 Å². The first-order chi connectivity index (χ1) is 9.61. The molecule has 1 aromatic rings. The summed E-state index contributed by atoms with van der Waals surface area (Å²) in [7, 11) is 2.20. The largest absolute Gasteiger partial charge is 0.462 e. The van der Waals surface area contributed by atoms with Gasteiger partial charge in [0.1, 0.15) is 6.10 Å². The zero-order chi connectivity index (χ0) is 14.1. The topological polar surface area (TPSA) is 29.5 Å². The average Bonchev–Trinajstić information content (AvgIpc) is 2.61. The van der Waals surface area contributed by atoms with E-state index in [0.29, 0.717) is 18.5 Å². The summed E-state index contributed by atoms with van der Waals surface area (Å²) in [6.07, 6.45) is 4.97. The zero-order valence-corrected chi connectivity index (χ0v) is 13.3. The minimum absolute atomic E-state index is 0.1000. The van der Waals surface area contributed by atoms with Crippen molar-refractivity contribution in [3.05, 3.63) is 34.3 Å². The smallest absolute Gasteiger partial charge is 0.310 e. The van der Waals surface area contributed by atoms with Gasteiger partial charge >= 0.3 is 5.97 Å². The Labute approximate surface area is 128 Å². The lowest BCUT2D eigenvalue weighted by atomic mass is 10.0. The Morgan fingerprint density at radius 1 is 1.35 bits per heavy atom. The number of carbonyl (C=O) groups excluding carboxylic acids is 1. The molecule has 2 saturated heterocycles. The molecule has 2 atom stereocenters. The fraction of sp³-hybridized carbons (Fsp3) is 0.562. The first-order valence-electron chi connectivity index (χ1n) is 7.27. The SMILES string of the molecule is CN1[C@@H]2CC[C@@H]1CC(OC(=O)Cc1cccc(Br)c1)C2. The van der Waals surface area contributed by atoms with E-state index >= 15 is 0 Å². The van der Waals surface area contributed by atoms with Gasteiger partial charge < -0.3 is 9.64 Å². The molecule has 0 aromatic heterocycles. The van der Waals surface area contributed by atoms with Crippen LogP contribution in [0.15, 0.2) is 28.7 Å². The van der Waals surface area contributed by atoms with Gasteiger partial charge in [0.2, 0.25) is 0 Å². The van der Waals surface area contributed by atoms with Crippen LogP contribution in [0.25, 0.3) is 0 Å². The minimum atomic E-state index is -0.1000. The molecule has 2 fully saturated rings. The van der Waals surface area contributed by atoms with Crippen molar-refractivity contribution in [3.8, 4) is 0 Å². The molecule has 2 aliphatic rings. The summed E-state index contributed by atoms with van der Waals surface area (Å²) in [5.41, 5.74) is 1.00. The molecular formula is C16H20BrNO2. The van der Waals surface area contributed by atoms with Gasteiger partial charge in [-0.1, -0.05) is 28.1 Å². The Balaban J connectivity index is 1.55. The fourth-order valence-electron chi connectivity index (χ4n) is 3.50. The summed E-state index contributed by atoms with van der Waals surface area (Å²) < 4.78 is 6.68. The van der Waals surface area contributed by atoms with Gasteiger partial charge in [-0.2, -0.15) is 0 Å². The molecule has 3 nitrogen and oxygen atoms in total. The van der Waals surface area contributed by atoms with Crippen molar-refractivity contribution in [2.45, 2.75) is 50.3 Å². The Hall–Kier alpha value is -0.870. The molecule has 0 radical (unpaired) electrons. The lowest BCUT2D eigenvalue weighted by molar-refractivity contribution is -0.151. The molecule has 0 amide bonds. The van der Waals surface area contributed by atoms with E-state index in [-0.39, 0.29) is 12.1 Å². The number of nitrogens with zero attached hydrogens (tertiary/aromatic N) is 1. The second kappa shape index (κ2) is 5.86. The third kappa shape index (κ3) is 3.07. The van der Waals surface area contributed by atoms with Crippen LogP contribution in [-0.4, -0.2) is 36.1 Å². The average molecular weight is 338 g/mol. The molecule has 0 aliphatic carbocycles. The first kappa shape index (κ1) is 14.1. The van der Waals surface area contributed by atoms with Crippen LogP contribution in [0, 0.1) is 0 Å². The van der Waals surface area contributed by atoms with Crippen molar-refractivity contribution in [1.82, 2.24) is 4.90 Å². The molecule has 20 heavy (non-hydrogen) atoms. The van der Waals surface area contributed by atoms with E-state index in [1.54, 1.807) is 0 Å². The van der Waals surface area contributed by atoms with Gasteiger partial charge in [0, 0.05) is 16.6 Å². The summed E-state index contributed by atoms with van der Waals surface area (Å²) in [6, 6.07) is 9.06. The van der Waals surface area contributed by atoms with E-state index in [2.05, 4.69) is 27.9 Å². The maximum Gasteiger partial charge on any atom is 0.310 e. The number of hydrogen-bond donors (Lipinski definition) is 0. The number of ether oxygens (including phenoxy) is 1. The molecule has 3 rings (SSSR count). The van der Waals surface area contributed by atoms with E-state index in [9.17, 15) is 4.79 Å². The Morgan fingerprint density at radius 3 is 2.70 bits per heavy atom. The number of benzene rings is 1. The van der Waals surface area contributed by atoms with Crippen LogP contribution in [0.3, 0.4) is 0 Å². The quantitative estimate of drug-likeness (QED) is 0.793. The fourth-order valence-corrected chi connectivity index (χ4v) is 3.95. The lowest BCUT2D eigenvalue weighted by Gasteiger charge is -2.35. The molecule has 2 bridgehead atoms. The van der Waals surface area contributed by atoms with Crippen molar-refractivity contribution in [2.75, 3.05) is 7.05 Å². The molecule has 0 saturated carbocycles. The van der Waals surface area contributed by atoms with Gasteiger partial charge in [-0.3, -0.25) is 4.79 Å². The molecule has 4 heteroatoms. The number of halogens is 1. The lowest BCUT2D eigenvalue weighted by Crippen LogP contribution is -2.43. The third-order valence-electron chi connectivity index (χ3n) is 4.59. The molecule has 0 N–H and O–H groups in total. The highest BCUT2D eigenvalue weighted by atomic mass is 79.9. The van der Waals surface area contributed by atoms with E-state index in [4.69, 9.17) is 4.74 Å². The summed E-state index contributed by atoms with van der Waals surface area (Å²) in [6.45, 7) is 0. The molecule has 1 aromatic carbocycles. The van der Waals surface area contributed by atoms with Crippen LogP contribution >= 0.6 is 15.9 Å². The monoisotopic (exact) mass is 337 g/mol. The van der Waals surface area contributed by atoms with Crippen LogP contribution in [0.1, 0.15) is 31.2 Å². The second-order valence-corrected chi connectivity index (χ2v) is 6.86. The van der Waals surface area contributed by atoms with Crippen LogP contribution in [0.5, 0.6) is 0 Å². The number of fused-ring (bicyclic) bond motifs is 2. The maximum absolute atomic E-state index is 12.1. The van der Waals surface area contributed by atoms with Crippen molar-refractivity contribution < 1.29 is 9.53 Å². The van der Waals surface area contributed by atoms with Crippen LogP contribution in [0.2, 0.25) is 0 Å². The van der Waals surface area contributed by atoms with E-state index in [1.165, 1.54) is 12.8 Å². The molecule has 0 spiro atoms. The number of rotatable bonds is 3. The van der Waals surface area contributed by atoms with Crippen LogP contribution < -0.4 is 0 Å². The van der Waals surface area contributed by atoms with E-state index in [1.807, 2.05) is 24.3 Å². The summed E-state index contributed by atoms with van der Waals surface area (Å²) >= 11 is 3.42. The third-order valence-corrected chi connectivity index (χ3v) is 5.08. The van der Waals surface area contributed by atoms with Gasteiger partial charge in [0.25, 0.3) is 0 Å². The molecule has 2 aliphatic heterocycles. The number of carbonyl (C=O) groups is 1. The summed E-state index contributed by atoms with van der Waals surface area (Å²) in [4.78, 5) is 14.5. The highest BCUT2D eigenvalue weighted by molar-refractivity contribution is 9.10. The molecular weight excluding hydrogens is 318 g/mol. The van der Waals surface area contributed by atoms with E-state index in [0.717, 1.165) is 22.9 Å². The number of esters is 1. The normalized spacial score (nSPS) is 29.4. The maximum atomic E-state index is 12.1. The highest BCUT2D eigenvalue weighted by Crippen LogP contribution is 2.35. The predicted molar refractivity (Wildman–Crippen MR) is 81.5 cm³/mol. The van der Waals surface area contributed by atoms with Crippen LogP contribution in [0.4, 0.5) is 0 Å². The van der Waals surface area contributed by atoms with Gasteiger partial charge in [-0.05, 0) is 50.4 Å². The van der Waals surface area contributed by atoms with Gasteiger partial charge in [-0.15, -0.1) is 0 Å². The first-order valence-corrected chi connectivity index (χ1v) is 8.07. The van der Waals surface area contributed by atoms with Gasteiger partial charge in [0.05, 0.1) is 6.42 Å². The van der Waals surface area contributed by atoms with Crippen molar-refractivity contribution in [1.29, 1.82) is 0 Å². The van der Waals surface area contributed by atoms with E-state index < -0.39 is 0 Å². The standard InChI is InChI=1S/C16H20BrNO2/c1-18-13-5-6-14(18)10-15(9-13)20-16(19)8-11-3-2-4-12(17)7-11/h2-4,7,13-15H,5-6,8-10H2,1H3/t13-,14-/m1/s1. The summed E-state index contributed by atoms with van der Waals surface area (Å²) in [5, 5.41) is 0. The molecule has 0 unspecified atom stereocenters. The Morgan fingerprint density at radius 2 is 2.05 bits per heavy atom. The van der Waals surface area contributed by atoms with Gasteiger partial charge in [-0.25, -0.2) is 0 Å². The second-order valence-electron chi connectivity index (χ2n) is 5.94. The Kier molecular flexibility index (Phi) is 4.13. The Bertz CT molecular complexity index is 491. The van der Waals surface area contributed by atoms with Crippen molar-refractivity contribution >= 4 is 21.9 Å². The zero-order valence-electron chi connectivity index (χ0n) is 11.7. The van der Waals surface area contributed by atoms with Crippen LogP contribution in [-0.2, 0) is 16.0 Å². The predicted octanol–water partition coefficient (Wildman–Crippen LogP) is 3.16. The van der Waals surface area contributed by atoms with Crippen molar-refractivity contribution in [3.63, 3.8) is 0 Å².